The molecule has 0 fully saturated rings. The van der Waals surface area contributed by atoms with E-state index in [0.717, 1.165) is 0 Å². The van der Waals surface area contributed by atoms with Crippen LogP contribution in [0, 0.1) is 11.3 Å². The first-order valence-corrected chi connectivity index (χ1v) is 4.85. The highest BCUT2D eigenvalue weighted by molar-refractivity contribution is 5.51. The number of hydrogen-bond acceptors (Lipinski definition) is 7. The summed E-state index contributed by atoms with van der Waals surface area (Å²) in [6, 6.07) is 2.04. The molecule has 9 heteroatoms. The van der Waals surface area contributed by atoms with Gasteiger partial charge in [0.25, 0.3) is 0 Å². The Morgan fingerprint density at radius 2 is 1.44 bits per heavy atom. The van der Waals surface area contributed by atoms with Crippen LogP contribution in [-0.4, -0.2) is 39.5 Å². The summed E-state index contributed by atoms with van der Waals surface area (Å²) < 4.78 is 2.78. The van der Waals surface area contributed by atoms with Gasteiger partial charge in [0.1, 0.15) is 43.3 Å². The van der Waals surface area contributed by atoms with Crippen molar-refractivity contribution in [3.05, 3.63) is 37.2 Å². The molecule has 0 amide bonds. The van der Waals surface area contributed by atoms with Crippen LogP contribution in [-0.2, 0) is 0 Å². The van der Waals surface area contributed by atoms with Crippen molar-refractivity contribution in [3.63, 3.8) is 0 Å². The highest BCUT2D eigenvalue weighted by atomic mass is 15.4. The fourth-order valence-corrected chi connectivity index (χ4v) is 1.45. The fourth-order valence-electron chi connectivity index (χ4n) is 1.45. The van der Waals surface area contributed by atoms with E-state index in [4.69, 9.17) is 0 Å². The summed E-state index contributed by atoms with van der Waals surface area (Å²) in [5.74, 6) is 0.686. The van der Waals surface area contributed by atoms with Crippen LogP contribution in [0.15, 0.2) is 31.6 Å². The van der Waals surface area contributed by atoms with Gasteiger partial charge in [-0.3, -0.25) is 0 Å². The Kier molecular flexibility index (Phi) is 2.24. The van der Waals surface area contributed by atoms with Gasteiger partial charge in [-0.2, -0.15) is 15.5 Å². The molecule has 0 saturated carbocycles. The van der Waals surface area contributed by atoms with Gasteiger partial charge >= 0.3 is 0 Å². The minimum Gasteiger partial charge on any atom is -0.223 e. The Hall–Kier alpha value is -3.15. The quantitative estimate of drug-likeness (QED) is 0.593. The molecule has 3 heterocycles. The van der Waals surface area contributed by atoms with Gasteiger partial charge in [0.15, 0.2) is 11.6 Å². The van der Waals surface area contributed by atoms with Crippen molar-refractivity contribution in [2.45, 2.75) is 0 Å². The smallest absolute Gasteiger partial charge is 0.178 e. The predicted molar refractivity (Wildman–Crippen MR) is 56.6 cm³/mol. The van der Waals surface area contributed by atoms with Crippen molar-refractivity contribution >= 4 is 0 Å². The zero-order valence-electron chi connectivity index (χ0n) is 8.91. The Balaban J connectivity index is 2.24. The molecule has 0 aromatic carbocycles. The topological polar surface area (TPSA) is 111 Å². The average molecular weight is 239 g/mol. The second-order valence-electron chi connectivity index (χ2n) is 3.19. The van der Waals surface area contributed by atoms with Crippen LogP contribution in [0.2, 0.25) is 0 Å². The largest absolute Gasteiger partial charge is 0.223 e. The summed E-state index contributed by atoms with van der Waals surface area (Å²) in [4.78, 5) is 15.7. The Morgan fingerprint density at radius 3 is 1.83 bits per heavy atom. The highest BCUT2D eigenvalue weighted by Gasteiger charge is 2.15. The minimum absolute atomic E-state index is 0.244. The molecule has 18 heavy (non-hydrogen) atoms. The molecule has 3 aromatic rings. The zero-order valence-corrected chi connectivity index (χ0v) is 8.91. The Morgan fingerprint density at radius 1 is 0.889 bits per heavy atom. The van der Waals surface area contributed by atoms with Crippen LogP contribution < -0.4 is 0 Å². The van der Waals surface area contributed by atoms with Crippen LogP contribution in [0.1, 0.15) is 5.56 Å². The lowest BCUT2D eigenvalue weighted by Crippen LogP contribution is -2.09. The van der Waals surface area contributed by atoms with Gasteiger partial charge in [0, 0.05) is 0 Å². The number of nitriles is 1. The molecule has 0 N–H and O–H groups in total. The van der Waals surface area contributed by atoms with Crippen molar-refractivity contribution < 1.29 is 0 Å². The van der Waals surface area contributed by atoms with E-state index in [0.29, 0.717) is 11.6 Å². The molecule has 0 saturated heterocycles. The summed E-state index contributed by atoms with van der Waals surface area (Å²) >= 11 is 0. The van der Waals surface area contributed by atoms with E-state index in [2.05, 4.69) is 30.1 Å². The molecule has 0 bridgehead atoms. The van der Waals surface area contributed by atoms with Gasteiger partial charge in [0.2, 0.25) is 0 Å². The summed E-state index contributed by atoms with van der Waals surface area (Å²) in [7, 11) is 0. The van der Waals surface area contributed by atoms with Gasteiger partial charge in [0.05, 0.1) is 0 Å². The molecule has 0 unspecified atom stereocenters. The van der Waals surface area contributed by atoms with E-state index < -0.39 is 0 Å². The van der Waals surface area contributed by atoms with Crippen molar-refractivity contribution in [3.8, 4) is 17.7 Å². The molecule has 0 aliphatic rings. The summed E-state index contributed by atoms with van der Waals surface area (Å²) in [5.41, 5.74) is 0.244. The molecule has 3 rings (SSSR count). The van der Waals surface area contributed by atoms with Crippen molar-refractivity contribution in [1.29, 1.82) is 5.26 Å². The van der Waals surface area contributed by atoms with Crippen LogP contribution in [0.4, 0.5) is 0 Å². The Labute approximate surface area is 100 Å². The summed E-state index contributed by atoms with van der Waals surface area (Å²) in [6.45, 7) is 0. The second kappa shape index (κ2) is 4.02. The molecular weight excluding hydrogens is 234 g/mol. The predicted octanol–water partition coefficient (Wildman–Crippen LogP) is -0.490. The molecular formula is C9H5N9. The van der Waals surface area contributed by atoms with E-state index in [-0.39, 0.29) is 5.56 Å². The second-order valence-corrected chi connectivity index (χ2v) is 3.19. The monoisotopic (exact) mass is 239 g/mol. The minimum atomic E-state index is 0.244. The summed E-state index contributed by atoms with van der Waals surface area (Å²) in [6.07, 6.45) is 6.95. The van der Waals surface area contributed by atoms with Crippen molar-refractivity contribution in [1.82, 2.24) is 39.5 Å². The maximum Gasteiger partial charge on any atom is 0.178 e. The molecule has 0 aliphatic heterocycles. The third-order valence-electron chi connectivity index (χ3n) is 2.19. The molecule has 0 aliphatic carbocycles. The van der Waals surface area contributed by atoms with Gasteiger partial charge < -0.3 is 0 Å². The average Bonchev–Trinajstić information content (AvgIpc) is 3.10. The van der Waals surface area contributed by atoms with E-state index in [1.807, 2.05) is 6.07 Å². The van der Waals surface area contributed by atoms with Gasteiger partial charge in [-0.15, -0.1) is 0 Å². The van der Waals surface area contributed by atoms with E-state index >= 15 is 0 Å². The van der Waals surface area contributed by atoms with E-state index in [1.165, 1.54) is 41.0 Å². The molecule has 0 radical (unpaired) electrons. The number of nitrogens with zero attached hydrogens (tertiary/aromatic N) is 9. The first-order chi connectivity index (χ1) is 8.90. The Bertz CT molecular complexity index is 640. The molecule has 0 spiro atoms. The third-order valence-corrected chi connectivity index (χ3v) is 2.19. The maximum absolute atomic E-state index is 9.24. The highest BCUT2D eigenvalue weighted by Crippen LogP contribution is 2.14. The molecule has 9 nitrogen and oxygen atoms in total. The van der Waals surface area contributed by atoms with E-state index in [9.17, 15) is 5.26 Å². The van der Waals surface area contributed by atoms with Gasteiger partial charge in [-0.25, -0.2) is 29.3 Å². The van der Waals surface area contributed by atoms with Crippen LogP contribution >= 0.6 is 0 Å². The zero-order chi connectivity index (χ0) is 12.4. The van der Waals surface area contributed by atoms with Gasteiger partial charge in [-0.05, 0) is 0 Å². The third kappa shape index (κ3) is 1.49. The lowest BCUT2D eigenvalue weighted by atomic mass is 10.3. The summed E-state index contributed by atoms with van der Waals surface area (Å²) in [5, 5.41) is 17.1. The number of aromatic nitrogens is 8. The number of rotatable bonds is 2. The lowest BCUT2D eigenvalue weighted by Gasteiger charge is -2.05. The standard InChI is InChI=1S/C9H5N9/c10-1-7-8(17-5-11-2-15-17)13-4-14-9(7)18-6-12-3-16-18/h2-6H. The van der Waals surface area contributed by atoms with Crippen LogP contribution in [0.3, 0.4) is 0 Å². The molecule has 0 atom stereocenters. The maximum atomic E-state index is 9.24. The lowest BCUT2D eigenvalue weighted by molar-refractivity contribution is 0.795. The van der Waals surface area contributed by atoms with Crippen molar-refractivity contribution in [2.24, 2.45) is 0 Å². The first-order valence-electron chi connectivity index (χ1n) is 4.85. The first kappa shape index (κ1) is 10.0. The molecule has 86 valence electrons. The van der Waals surface area contributed by atoms with Gasteiger partial charge in [-0.1, -0.05) is 0 Å². The number of hydrogen-bond donors (Lipinski definition) is 0. The SMILES string of the molecule is N#Cc1c(-n2cncn2)ncnc1-n1cncn1. The van der Waals surface area contributed by atoms with E-state index in [1.54, 1.807) is 0 Å². The van der Waals surface area contributed by atoms with Crippen LogP contribution in [0.5, 0.6) is 0 Å². The van der Waals surface area contributed by atoms with Crippen molar-refractivity contribution in [2.75, 3.05) is 0 Å². The fraction of sp³-hybridized carbons (Fsp3) is 0. The molecule has 3 aromatic heterocycles. The van der Waals surface area contributed by atoms with Crippen LogP contribution in [0.25, 0.3) is 11.6 Å². The normalized spacial score (nSPS) is 10.2.